The number of fused-ring (bicyclic) bond motifs is 1. The molecule has 7 heteroatoms. The number of carbonyl (C=O) groups is 1. The van der Waals surface area contributed by atoms with Crippen molar-refractivity contribution in [2.45, 2.75) is 27.3 Å². The van der Waals surface area contributed by atoms with E-state index >= 15 is 0 Å². The van der Waals surface area contributed by atoms with Gasteiger partial charge in [0.15, 0.2) is 5.78 Å². The van der Waals surface area contributed by atoms with Gasteiger partial charge in [-0.25, -0.2) is 15.0 Å². The molecule has 21 heavy (non-hydrogen) atoms. The number of aromatic nitrogens is 3. The molecule has 0 fully saturated rings. The Balaban J connectivity index is 2.00. The molecule has 0 aliphatic rings. The van der Waals surface area contributed by atoms with E-state index in [2.05, 4.69) is 20.3 Å². The maximum atomic E-state index is 11.8. The molecule has 0 aliphatic heterocycles. The summed E-state index contributed by atoms with van der Waals surface area (Å²) in [5, 5.41) is 4.89. The Bertz CT molecular complexity index is 822. The molecule has 1 N–H and O–H groups in total. The van der Waals surface area contributed by atoms with E-state index in [-0.39, 0.29) is 5.78 Å². The van der Waals surface area contributed by atoms with Crippen LogP contribution >= 0.6 is 11.3 Å². The fourth-order valence-corrected chi connectivity index (χ4v) is 2.99. The van der Waals surface area contributed by atoms with Gasteiger partial charge in [-0.05, 0) is 20.8 Å². The fraction of sp³-hybridized carbons (Fsp3) is 0.286. The van der Waals surface area contributed by atoms with Gasteiger partial charge in [-0.2, -0.15) is 0 Å². The number of thiazole rings is 1. The van der Waals surface area contributed by atoms with E-state index in [1.165, 1.54) is 13.3 Å². The summed E-state index contributed by atoms with van der Waals surface area (Å²) >= 11 is 1.62. The van der Waals surface area contributed by atoms with Crippen molar-refractivity contribution < 1.29 is 9.21 Å². The number of rotatable bonds is 4. The van der Waals surface area contributed by atoms with Crippen molar-refractivity contribution in [3.63, 3.8) is 0 Å². The molecule has 3 heterocycles. The quantitative estimate of drug-likeness (QED) is 0.746. The van der Waals surface area contributed by atoms with Gasteiger partial charge in [0, 0.05) is 11.1 Å². The van der Waals surface area contributed by atoms with Gasteiger partial charge in [0.1, 0.15) is 17.9 Å². The number of nitrogens with one attached hydrogen (secondary N) is 1. The van der Waals surface area contributed by atoms with Crippen molar-refractivity contribution >= 4 is 34.0 Å². The average Bonchev–Trinajstić information content (AvgIpc) is 2.98. The number of hydrogen-bond donors (Lipinski definition) is 1. The SMILES string of the molecule is CC(=O)c1c(C)oc2ncnc(NCc3cnc(C)s3)c12. The zero-order valence-electron chi connectivity index (χ0n) is 11.9. The molecule has 0 radical (unpaired) electrons. The molecule has 3 aromatic rings. The highest BCUT2D eigenvalue weighted by atomic mass is 32.1. The van der Waals surface area contributed by atoms with Crippen LogP contribution in [-0.2, 0) is 6.54 Å². The number of ketones is 1. The third kappa shape index (κ3) is 2.52. The van der Waals surface area contributed by atoms with Crippen molar-refractivity contribution in [3.8, 4) is 0 Å². The third-order valence-corrected chi connectivity index (χ3v) is 4.03. The molecule has 3 rings (SSSR count). The molecule has 3 aromatic heterocycles. The molecule has 0 atom stereocenters. The van der Waals surface area contributed by atoms with Crippen molar-refractivity contribution in [2.75, 3.05) is 5.32 Å². The Hall–Kier alpha value is -2.28. The maximum Gasteiger partial charge on any atom is 0.232 e. The second-order valence-electron chi connectivity index (χ2n) is 4.69. The second kappa shape index (κ2) is 5.25. The number of Topliss-reactive ketones (excluding diaryl/α,β-unsaturated/α-hetero) is 1. The van der Waals surface area contributed by atoms with Gasteiger partial charge in [0.2, 0.25) is 5.71 Å². The molecule has 0 saturated heterocycles. The first-order chi connectivity index (χ1) is 10.1. The van der Waals surface area contributed by atoms with Crippen LogP contribution in [0.5, 0.6) is 0 Å². The smallest absolute Gasteiger partial charge is 0.232 e. The van der Waals surface area contributed by atoms with E-state index in [9.17, 15) is 4.79 Å². The van der Waals surface area contributed by atoms with Gasteiger partial charge in [-0.3, -0.25) is 4.79 Å². The summed E-state index contributed by atoms with van der Waals surface area (Å²) in [5.74, 6) is 1.11. The zero-order chi connectivity index (χ0) is 15.0. The standard InChI is InChI=1S/C14H14N4O2S/c1-7(19)11-8(2)20-14-12(11)13(17-6-18-14)16-5-10-4-15-9(3)21-10/h4,6H,5H2,1-3H3,(H,16,17,18). The average molecular weight is 302 g/mol. The highest BCUT2D eigenvalue weighted by Gasteiger charge is 2.19. The van der Waals surface area contributed by atoms with Gasteiger partial charge < -0.3 is 9.73 Å². The lowest BCUT2D eigenvalue weighted by molar-refractivity contribution is 0.101. The third-order valence-electron chi connectivity index (χ3n) is 3.12. The molecule has 6 nitrogen and oxygen atoms in total. The number of carbonyl (C=O) groups excluding carboxylic acids is 1. The summed E-state index contributed by atoms with van der Waals surface area (Å²) < 4.78 is 5.54. The molecule has 0 spiro atoms. The number of hydrogen-bond acceptors (Lipinski definition) is 7. The summed E-state index contributed by atoms with van der Waals surface area (Å²) in [4.78, 5) is 25.5. The van der Waals surface area contributed by atoms with Gasteiger partial charge in [-0.1, -0.05) is 0 Å². The molecular formula is C14H14N4O2S. The molecule has 0 bridgehead atoms. The van der Waals surface area contributed by atoms with E-state index in [1.54, 1.807) is 18.3 Å². The van der Waals surface area contributed by atoms with Crippen LogP contribution in [0.2, 0.25) is 0 Å². The van der Waals surface area contributed by atoms with Gasteiger partial charge in [0.05, 0.1) is 22.5 Å². The van der Waals surface area contributed by atoms with Crippen molar-refractivity contribution in [3.05, 3.63) is 33.7 Å². The van der Waals surface area contributed by atoms with Gasteiger partial charge >= 0.3 is 0 Å². The Morgan fingerprint density at radius 3 is 2.81 bits per heavy atom. The summed E-state index contributed by atoms with van der Waals surface area (Å²) in [6.45, 7) is 5.83. The normalized spacial score (nSPS) is 11.0. The van der Waals surface area contributed by atoms with Crippen LogP contribution in [0.25, 0.3) is 11.1 Å². The van der Waals surface area contributed by atoms with Crippen LogP contribution in [-0.4, -0.2) is 20.7 Å². The highest BCUT2D eigenvalue weighted by Crippen LogP contribution is 2.29. The topological polar surface area (TPSA) is 80.9 Å². The summed E-state index contributed by atoms with van der Waals surface area (Å²) in [6, 6.07) is 0. The van der Waals surface area contributed by atoms with E-state index in [4.69, 9.17) is 4.42 Å². The van der Waals surface area contributed by atoms with Crippen LogP contribution < -0.4 is 5.32 Å². The van der Waals surface area contributed by atoms with E-state index in [0.717, 1.165) is 9.88 Å². The number of furan rings is 1. The maximum absolute atomic E-state index is 11.8. The Labute approximate surface area is 125 Å². The largest absolute Gasteiger partial charge is 0.442 e. The van der Waals surface area contributed by atoms with Gasteiger partial charge in [-0.15, -0.1) is 11.3 Å². The number of nitrogens with zero attached hydrogens (tertiary/aromatic N) is 3. The minimum Gasteiger partial charge on any atom is -0.442 e. The highest BCUT2D eigenvalue weighted by molar-refractivity contribution is 7.11. The van der Waals surface area contributed by atoms with Crippen LogP contribution in [0.1, 0.15) is 32.9 Å². The monoisotopic (exact) mass is 302 g/mol. The van der Waals surface area contributed by atoms with Crippen LogP contribution in [0, 0.1) is 13.8 Å². The first kappa shape index (κ1) is 13.7. The van der Waals surface area contributed by atoms with Crippen molar-refractivity contribution in [1.29, 1.82) is 0 Å². The Morgan fingerprint density at radius 2 is 2.14 bits per heavy atom. The lowest BCUT2D eigenvalue weighted by Crippen LogP contribution is -2.03. The molecule has 0 unspecified atom stereocenters. The van der Waals surface area contributed by atoms with Crippen molar-refractivity contribution in [2.24, 2.45) is 0 Å². The summed E-state index contributed by atoms with van der Waals surface area (Å²) in [6.07, 6.45) is 3.26. The van der Waals surface area contributed by atoms with Crippen LogP contribution in [0.4, 0.5) is 5.82 Å². The number of anilines is 1. The molecular weight excluding hydrogens is 288 g/mol. The molecule has 0 aromatic carbocycles. The van der Waals surface area contributed by atoms with E-state index in [1.807, 2.05) is 13.1 Å². The summed E-state index contributed by atoms with van der Waals surface area (Å²) in [5.41, 5.74) is 0.962. The zero-order valence-corrected chi connectivity index (χ0v) is 12.7. The van der Waals surface area contributed by atoms with Crippen molar-refractivity contribution in [1.82, 2.24) is 15.0 Å². The molecule has 0 aliphatic carbocycles. The first-order valence-electron chi connectivity index (χ1n) is 6.46. The Kier molecular flexibility index (Phi) is 3.42. The fourth-order valence-electron chi connectivity index (χ4n) is 2.26. The summed E-state index contributed by atoms with van der Waals surface area (Å²) in [7, 11) is 0. The predicted octanol–water partition coefficient (Wildman–Crippen LogP) is 3.11. The first-order valence-corrected chi connectivity index (χ1v) is 7.28. The molecule has 0 amide bonds. The minimum atomic E-state index is -0.0577. The van der Waals surface area contributed by atoms with Crippen LogP contribution in [0.3, 0.4) is 0 Å². The lowest BCUT2D eigenvalue weighted by atomic mass is 10.1. The minimum absolute atomic E-state index is 0.0577. The number of aryl methyl sites for hydroxylation is 2. The van der Waals surface area contributed by atoms with E-state index < -0.39 is 0 Å². The Morgan fingerprint density at radius 1 is 1.33 bits per heavy atom. The van der Waals surface area contributed by atoms with Gasteiger partial charge in [0.25, 0.3) is 0 Å². The second-order valence-corrected chi connectivity index (χ2v) is 6.01. The lowest BCUT2D eigenvalue weighted by Gasteiger charge is -2.05. The predicted molar refractivity (Wildman–Crippen MR) is 80.7 cm³/mol. The molecule has 108 valence electrons. The van der Waals surface area contributed by atoms with E-state index in [0.29, 0.717) is 34.8 Å². The molecule has 0 saturated carbocycles. The van der Waals surface area contributed by atoms with Crippen LogP contribution in [0.15, 0.2) is 16.9 Å².